The van der Waals surface area contributed by atoms with Crippen LogP contribution in [0, 0.1) is 16.7 Å². The van der Waals surface area contributed by atoms with Crippen molar-refractivity contribution in [3.63, 3.8) is 0 Å². The van der Waals surface area contributed by atoms with E-state index in [-0.39, 0.29) is 23.4 Å². The maximum atomic E-state index is 14.4. The molecule has 29 heavy (non-hydrogen) atoms. The van der Waals surface area contributed by atoms with Crippen molar-refractivity contribution in [3.05, 3.63) is 35.9 Å². The Hall–Kier alpha value is -1.49. The Bertz CT molecular complexity index is 773. The highest BCUT2D eigenvalue weighted by Gasteiger charge is 2.65. The Labute approximate surface area is 172 Å². The first-order valence-corrected chi connectivity index (χ1v) is 11.3. The summed E-state index contributed by atoms with van der Waals surface area (Å²) in [7, 11) is 0. The molecule has 4 bridgehead atoms. The molecule has 1 aliphatic heterocycles. The van der Waals surface area contributed by atoms with Gasteiger partial charge in [0.1, 0.15) is 6.17 Å². The zero-order valence-electron chi connectivity index (χ0n) is 17.1. The van der Waals surface area contributed by atoms with E-state index in [2.05, 4.69) is 34.9 Å². The Morgan fingerprint density at radius 1 is 1.14 bits per heavy atom. The Balaban J connectivity index is 1.48. The van der Waals surface area contributed by atoms with E-state index in [4.69, 9.17) is 0 Å². The largest absolute Gasteiger partial charge is 0.350 e. The number of amides is 1. The summed E-state index contributed by atoms with van der Waals surface area (Å²) in [5, 5.41) is 6.16. The van der Waals surface area contributed by atoms with Gasteiger partial charge in [0.05, 0.1) is 18.1 Å². The van der Waals surface area contributed by atoms with Gasteiger partial charge in [-0.3, -0.25) is 9.18 Å². The number of benzene rings is 1. The maximum absolute atomic E-state index is 14.4. The molecule has 0 aromatic heterocycles. The number of nitrogens with one attached hydrogen (secondary N) is 2. The van der Waals surface area contributed by atoms with Crippen molar-refractivity contribution in [2.45, 2.75) is 69.0 Å². The van der Waals surface area contributed by atoms with Crippen LogP contribution in [0.4, 0.5) is 8.78 Å². The van der Waals surface area contributed by atoms with Crippen LogP contribution >= 0.6 is 0 Å². The summed E-state index contributed by atoms with van der Waals surface area (Å²) in [4.78, 5) is 13.6. The van der Waals surface area contributed by atoms with Gasteiger partial charge in [-0.2, -0.15) is 0 Å². The fourth-order valence-electron chi connectivity index (χ4n) is 7.79. The molecule has 6 atom stereocenters. The molecule has 0 spiro atoms. The Morgan fingerprint density at radius 3 is 2.72 bits per heavy atom. The molecule has 1 aromatic rings. The van der Waals surface area contributed by atoms with Crippen LogP contribution in [0.3, 0.4) is 0 Å². The van der Waals surface area contributed by atoms with Crippen LogP contribution in [-0.2, 0) is 10.2 Å². The summed E-state index contributed by atoms with van der Waals surface area (Å²) in [5.41, 5.74) is 0.686. The van der Waals surface area contributed by atoms with Crippen LogP contribution in [0.2, 0.25) is 0 Å². The normalized spacial score (nSPS) is 43.3. The van der Waals surface area contributed by atoms with Crippen molar-refractivity contribution in [1.82, 2.24) is 10.6 Å². The number of hydrogen-bond donors (Lipinski definition) is 2. The topological polar surface area (TPSA) is 41.1 Å². The first kappa shape index (κ1) is 19.5. The molecule has 4 saturated carbocycles. The first-order valence-electron chi connectivity index (χ1n) is 11.3. The zero-order valence-corrected chi connectivity index (χ0v) is 17.1. The van der Waals surface area contributed by atoms with E-state index in [0.29, 0.717) is 25.3 Å². The third kappa shape index (κ3) is 3.20. The molecule has 0 radical (unpaired) electrons. The molecule has 1 heterocycles. The van der Waals surface area contributed by atoms with Crippen molar-refractivity contribution in [1.29, 1.82) is 0 Å². The molecule has 5 fully saturated rings. The molecule has 1 saturated heterocycles. The molecule has 1 aromatic carbocycles. The van der Waals surface area contributed by atoms with Crippen molar-refractivity contribution in [3.8, 4) is 0 Å². The van der Waals surface area contributed by atoms with Crippen molar-refractivity contribution in [2.75, 3.05) is 19.8 Å². The fraction of sp³-hybridized carbons (Fsp3) is 0.708. The zero-order chi connectivity index (χ0) is 20.1. The second-order valence-corrected chi connectivity index (χ2v) is 10.5. The first-order chi connectivity index (χ1) is 14.0. The SMILES string of the molecule is O=C(N[C@@H]1CCNC[C@H]1F)C12CC3C[C@@](CCF)(C1)C[C@](c1ccccc1)(C3)C2. The summed E-state index contributed by atoms with van der Waals surface area (Å²) >= 11 is 0. The van der Waals surface area contributed by atoms with Gasteiger partial charge in [-0.05, 0) is 80.2 Å². The van der Waals surface area contributed by atoms with Gasteiger partial charge < -0.3 is 10.6 Å². The van der Waals surface area contributed by atoms with E-state index >= 15 is 0 Å². The lowest BCUT2D eigenvalue weighted by molar-refractivity contribution is -0.165. The summed E-state index contributed by atoms with van der Waals surface area (Å²) in [6.45, 7) is 0.719. The van der Waals surface area contributed by atoms with Gasteiger partial charge >= 0.3 is 0 Å². The van der Waals surface area contributed by atoms with Crippen LogP contribution in [0.5, 0.6) is 0 Å². The van der Waals surface area contributed by atoms with Gasteiger partial charge in [-0.1, -0.05) is 30.3 Å². The van der Waals surface area contributed by atoms with Gasteiger partial charge in [0.15, 0.2) is 0 Å². The smallest absolute Gasteiger partial charge is 0.226 e. The minimum absolute atomic E-state index is 0.0275. The molecule has 5 heteroatoms. The lowest BCUT2D eigenvalue weighted by Crippen LogP contribution is -2.64. The van der Waals surface area contributed by atoms with Gasteiger partial charge in [-0.25, -0.2) is 4.39 Å². The predicted octanol–water partition coefficient (Wildman–Crippen LogP) is 4.07. The predicted molar refractivity (Wildman–Crippen MR) is 109 cm³/mol. The average Bonchev–Trinajstić information content (AvgIpc) is 2.69. The van der Waals surface area contributed by atoms with Crippen LogP contribution in [0.15, 0.2) is 30.3 Å². The number of alkyl halides is 2. The molecule has 2 unspecified atom stereocenters. The fourth-order valence-corrected chi connectivity index (χ4v) is 7.79. The second kappa shape index (κ2) is 7.04. The van der Waals surface area contributed by atoms with Gasteiger partial charge in [0.2, 0.25) is 5.91 Å². The van der Waals surface area contributed by atoms with E-state index in [0.717, 1.165) is 45.1 Å². The van der Waals surface area contributed by atoms with E-state index < -0.39 is 17.6 Å². The maximum Gasteiger partial charge on any atom is 0.226 e. The second-order valence-electron chi connectivity index (χ2n) is 10.5. The van der Waals surface area contributed by atoms with E-state index in [1.165, 1.54) is 5.56 Å². The summed E-state index contributed by atoms with van der Waals surface area (Å²) in [5.74, 6) is 0.484. The quantitative estimate of drug-likeness (QED) is 0.780. The molecule has 5 aliphatic rings. The highest BCUT2D eigenvalue weighted by atomic mass is 19.1. The molecular formula is C24H32F2N2O. The van der Waals surface area contributed by atoms with Crippen LogP contribution < -0.4 is 10.6 Å². The Morgan fingerprint density at radius 2 is 1.97 bits per heavy atom. The molecule has 4 aliphatic carbocycles. The third-order valence-corrected chi connectivity index (χ3v) is 8.40. The van der Waals surface area contributed by atoms with Gasteiger partial charge in [0, 0.05) is 6.54 Å². The number of carbonyl (C=O) groups is 1. The third-order valence-electron chi connectivity index (χ3n) is 8.40. The van der Waals surface area contributed by atoms with Crippen molar-refractivity contribution >= 4 is 5.91 Å². The van der Waals surface area contributed by atoms with Crippen LogP contribution in [0.25, 0.3) is 0 Å². The van der Waals surface area contributed by atoms with Gasteiger partial charge in [0.25, 0.3) is 0 Å². The minimum Gasteiger partial charge on any atom is -0.350 e. The molecule has 158 valence electrons. The molecule has 2 N–H and O–H groups in total. The number of halogens is 2. The van der Waals surface area contributed by atoms with Crippen LogP contribution in [0.1, 0.15) is 56.9 Å². The summed E-state index contributed by atoms with van der Waals surface area (Å²) in [6, 6.07) is 10.2. The minimum atomic E-state index is -1.04. The van der Waals surface area contributed by atoms with Crippen molar-refractivity contribution in [2.24, 2.45) is 16.7 Å². The molecule has 1 amide bonds. The number of carbonyl (C=O) groups excluding carboxylic acids is 1. The molecular weight excluding hydrogens is 370 g/mol. The monoisotopic (exact) mass is 402 g/mol. The molecule has 3 nitrogen and oxygen atoms in total. The van der Waals surface area contributed by atoms with Crippen LogP contribution in [-0.4, -0.2) is 37.9 Å². The Kier molecular flexibility index (Phi) is 4.73. The molecule has 6 rings (SSSR count). The van der Waals surface area contributed by atoms with E-state index in [9.17, 15) is 13.6 Å². The average molecular weight is 403 g/mol. The van der Waals surface area contributed by atoms with E-state index in [1.54, 1.807) is 0 Å². The van der Waals surface area contributed by atoms with Crippen molar-refractivity contribution < 1.29 is 13.6 Å². The highest BCUT2D eigenvalue weighted by molar-refractivity contribution is 5.84. The van der Waals surface area contributed by atoms with E-state index in [1.807, 2.05) is 6.07 Å². The van der Waals surface area contributed by atoms with Gasteiger partial charge in [-0.15, -0.1) is 0 Å². The lowest BCUT2D eigenvalue weighted by Gasteiger charge is -2.66. The standard InChI is InChI=1S/C24H32F2N2O/c25-8-7-22-10-17-11-23(14-22,18-4-2-1-3-5-18)16-24(12-17,15-22)21(29)28-20-6-9-27-13-19(20)26/h1-5,17,19-20,27H,6-16H2,(H,28,29)/t17?,19-,20-,22-,23-,24?/m1/s1. The lowest BCUT2D eigenvalue weighted by atomic mass is 9.38. The number of piperidine rings is 1. The number of rotatable bonds is 5. The number of hydrogen-bond acceptors (Lipinski definition) is 2. The summed E-state index contributed by atoms with van der Waals surface area (Å²) < 4.78 is 28.0. The summed E-state index contributed by atoms with van der Waals surface area (Å²) in [6.07, 6.45) is 5.73. The highest BCUT2D eigenvalue weighted by Crippen LogP contribution is 2.71.